The molecule has 1 N–H and O–H groups in total. The average Bonchev–Trinajstić information content (AvgIpc) is 2.58. The molecule has 4 nitrogen and oxygen atoms in total. The summed E-state index contributed by atoms with van der Waals surface area (Å²) in [5.41, 5.74) is 0.901. The summed E-state index contributed by atoms with van der Waals surface area (Å²) >= 11 is 3.47. The summed E-state index contributed by atoms with van der Waals surface area (Å²) in [6, 6.07) is 14.4. The van der Waals surface area contributed by atoms with Crippen LogP contribution in [0.4, 0.5) is 13.2 Å². The third kappa shape index (κ3) is 5.46. The van der Waals surface area contributed by atoms with Gasteiger partial charge in [-0.05, 0) is 42.7 Å². The molecule has 1 saturated carbocycles. The molecule has 3 rings (SSSR count). The lowest BCUT2D eigenvalue weighted by atomic mass is 9.89. The van der Waals surface area contributed by atoms with Crippen LogP contribution in [0.1, 0.15) is 18.4 Å². The van der Waals surface area contributed by atoms with Crippen molar-refractivity contribution in [2.24, 2.45) is 0 Å². The lowest BCUT2D eigenvalue weighted by molar-refractivity contribution is -0.176. The molecule has 0 unspecified atom stereocenters. The Balaban J connectivity index is 1.45. The number of rotatable bonds is 6. The van der Waals surface area contributed by atoms with Gasteiger partial charge in [0, 0.05) is 10.5 Å². The highest BCUT2D eigenvalue weighted by Crippen LogP contribution is 2.30. The maximum atomic E-state index is 12.2. The Bertz CT molecular complexity index is 793. The van der Waals surface area contributed by atoms with Gasteiger partial charge in [0.25, 0.3) is 0 Å². The summed E-state index contributed by atoms with van der Waals surface area (Å²) in [4.78, 5) is 10.9. The van der Waals surface area contributed by atoms with Crippen LogP contribution in [0.25, 0.3) is 0 Å². The maximum absolute atomic E-state index is 12.2. The second-order valence-corrected chi connectivity index (χ2v) is 7.10. The number of amides is 1. The number of ether oxygens (including phenoxy) is 2. The zero-order valence-corrected chi connectivity index (χ0v) is 15.7. The summed E-state index contributed by atoms with van der Waals surface area (Å²) in [5.74, 6) is -0.493. The van der Waals surface area contributed by atoms with E-state index in [9.17, 15) is 18.0 Å². The Labute approximate surface area is 162 Å². The third-order valence-corrected chi connectivity index (χ3v) is 4.90. The molecule has 0 aliphatic heterocycles. The van der Waals surface area contributed by atoms with Crippen molar-refractivity contribution in [1.82, 2.24) is 5.32 Å². The number of hydrogen-bond acceptors (Lipinski definition) is 3. The fraction of sp³-hybridized carbons (Fsp3) is 0.316. The van der Waals surface area contributed by atoms with E-state index in [0.717, 1.165) is 15.8 Å². The monoisotopic (exact) mass is 443 g/mol. The van der Waals surface area contributed by atoms with E-state index in [4.69, 9.17) is 9.47 Å². The molecule has 2 aromatic carbocycles. The van der Waals surface area contributed by atoms with Crippen molar-refractivity contribution in [1.29, 1.82) is 0 Å². The summed E-state index contributed by atoms with van der Waals surface area (Å²) in [6.07, 6.45) is -4.28. The van der Waals surface area contributed by atoms with E-state index in [2.05, 4.69) is 15.9 Å². The second kappa shape index (κ2) is 8.31. The van der Waals surface area contributed by atoms with Gasteiger partial charge in [0.15, 0.2) is 0 Å². The van der Waals surface area contributed by atoms with Gasteiger partial charge in [0.2, 0.25) is 0 Å². The van der Waals surface area contributed by atoms with E-state index in [0.29, 0.717) is 25.2 Å². The normalized spacial score (nSPS) is 19.3. The van der Waals surface area contributed by atoms with E-state index in [1.165, 1.54) is 0 Å². The molecule has 0 radical (unpaired) electrons. The van der Waals surface area contributed by atoms with Gasteiger partial charge in [-0.1, -0.05) is 40.2 Å². The molecule has 1 aliphatic rings. The van der Waals surface area contributed by atoms with Crippen LogP contribution in [0.3, 0.4) is 0 Å². The SMILES string of the molecule is O=C(N[C@H]1C[C@H](OCc2ccc(Oc3ccccc3)cc2Br)C1)C(F)(F)F. The smallest absolute Gasteiger partial charge is 0.457 e. The van der Waals surface area contributed by atoms with Crippen LogP contribution >= 0.6 is 15.9 Å². The van der Waals surface area contributed by atoms with E-state index >= 15 is 0 Å². The first-order chi connectivity index (χ1) is 12.8. The van der Waals surface area contributed by atoms with Crippen LogP contribution in [0.2, 0.25) is 0 Å². The number of halogens is 4. The summed E-state index contributed by atoms with van der Waals surface area (Å²) in [6.45, 7) is 0.316. The van der Waals surface area contributed by atoms with Gasteiger partial charge >= 0.3 is 12.1 Å². The van der Waals surface area contributed by atoms with Crippen LogP contribution in [-0.2, 0) is 16.1 Å². The second-order valence-electron chi connectivity index (χ2n) is 6.24. The average molecular weight is 444 g/mol. The topological polar surface area (TPSA) is 47.6 Å². The van der Waals surface area contributed by atoms with Gasteiger partial charge in [-0.3, -0.25) is 4.79 Å². The van der Waals surface area contributed by atoms with Crippen molar-refractivity contribution < 1.29 is 27.4 Å². The summed E-state index contributed by atoms with van der Waals surface area (Å²) in [5, 5.41) is 1.96. The van der Waals surface area contributed by atoms with Crippen molar-refractivity contribution in [3.63, 3.8) is 0 Å². The molecular formula is C19H17BrF3NO3. The molecule has 0 heterocycles. The number of benzene rings is 2. The predicted octanol–water partition coefficient (Wildman–Crippen LogP) is 4.97. The van der Waals surface area contributed by atoms with Crippen LogP contribution in [0, 0.1) is 0 Å². The van der Waals surface area contributed by atoms with Gasteiger partial charge in [-0.25, -0.2) is 0 Å². The van der Waals surface area contributed by atoms with Crippen molar-refractivity contribution in [3.05, 3.63) is 58.6 Å². The van der Waals surface area contributed by atoms with E-state index in [-0.39, 0.29) is 6.10 Å². The Morgan fingerprint density at radius 3 is 2.44 bits per heavy atom. The van der Waals surface area contributed by atoms with Gasteiger partial charge in [0.1, 0.15) is 11.5 Å². The number of carbonyl (C=O) groups excluding carboxylic acids is 1. The highest BCUT2D eigenvalue weighted by molar-refractivity contribution is 9.10. The first-order valence-electron chi connectivity index (χ1n) is 8.32. The van der Waals surface area contributed by atoms with Crippen molar-refractivity contribution in [2.45, 2.75) is 37.8 Å². The Hall–Kier alpha value is -2.06. The number of nitrogens with one attached hydrogen (secondary N) is 1. The Morgan fingerprint density at radius 2 is 1.81 bits per heavy atom. The molecule has 0 spiro atoms. The highest BCUT2D eigenvalue weighted by Gasteiger charge is 2.42. The molecule has 144 valence electrons. The highest BCUT2D eigenvalue weighted by atomic mass is 79.9. The fourth-order valence-corrected chi connectivity index (χ4v) is 3.10. The van der Waals surface area contributed by atoms with E-state index < -0.39 is 18.1 Å². The molecule has 1 fully saturated rings. The number of para-hydroxylation sites is 1. The first-order valence-corrected chi connectivity index (χ1v) is 9.11. The minimum atomic E-state index is -4.85. The third-order valence-electron chi connectivity index (χ3n) is 4.17. The summed E-state index contributed by atoms with van der Waals surface area (Å²) < 4.78 is 48.8. The van der Waals surface area contributed by atoms with Crippen molar-refractivity contribution in [3.8, 4) is 11.5 Å². The van der Waals surface area contributed by atoms with Gasteiger partial charge in [-0.2, -0.15) is 13.2 Å². The minimum absolute atomic E-state index is 0.171. The minimum Gasteiger partial charge on any atom is -0.457 e. The van der Waals surface area contributed by atoms with Crippen molar-refractivity contribution >= 4 is 21.8 Å². The molecule has 2 aromatic rings. The number of carbonyl (C=O) groups is 1. The molecule has 27 heavy (non-hydrogen) atoms. The molecule has 8 heteroatoms. The molecule has 1 amide bonds. The molecule has 0 bridgehead atoms. The fourth-order valence-electron chi connectivity index (χ4n) is 2.63. The molecular weight excluding hydrogens is 427 g/mol. The van der Waals surface area contributed by atoms with Gasteiger partial charge in [0.05, 0.1) is 12.7 Å². The van der Waals surface area contributed by atoms with E-state index in [1.807, 2.05) is 53.8 Å². The van der Waals surface area contributed by atoms with Crippen LogP contribution in [0.5, 0.6) is 11.5 Å². The molecule has 0 aromatic heterocycles. The largest absolute Gasteiger partial charge is 0.471 e. The summed E-state index contributed by atoms with van der Waals surface area (Å²) in [7, 11) is 0. The molecule has 0 saturated heterocycles. The molecule has 1 aliphatic carbocycles. The number of hydrogen-bond donors (Lipinski definition) is 1. The quantitative estimate of drug-likeness (QED) is 0.685. The zero-order valence-electron chi connectivity index (χ0n) is 14.1. The standard InChI is InChI=1S/C19H17BrF3NO3/c20-17-10-15(27-14-4-2-1-3-5-14)7-6-12(17)11-26-16-8-13(9-16)24-18(25)19(21,22)23/h1-7,10,13,16H,8-9,11H2,(H,24,25)/t13-,16-. The zero-order chi connectivity index (χ0) is 19.4. The van der Waals surface area contributed by atoms with Crippen LogP contribution in [-0.4, -0.2) is 24.2 Å². The number of alkyl halides is 3. The first kappa shape index (κ1) is 19.7. The lowest BCUT2D eigenvalue weighted by Gasteiger charge is -2.35. The van der Waals surface area contributed by atoms with Crippen LogP contribution < -0.4 is 10.1 Å². The van der Waals surface area contributed by atoms with E-state index in [1.54, 1.807) is 0 Å². The predicted molar refractivity (Wildman–Crippen MR) is 96.5 cm³/mol. The van der Waals surface area contributed by atoms with Gasteiger partial charge in [-0.15, -0.1) is 0 Å². The van der Waals surface area contributed by atoms with Crippen molar-refractivity contribution in [2.75, 3.05) is 0 Å². The van der Waals surface area contributed by atoms with Gasteiger partial charge < -0.3 is 14.8 Å². The Kier molecular flexibility index (Phi) is 6.06. The Morgan fingerprint density at radius 1 is 1.11 bits per heavy atom. The van der Waals surface area contributed by atoms with Crippen LogP contribution in [0.15, 0.2) is 53.0 Å². The lowest BCUT2D eigenvalue weighted by Crippen LogP contribution is -2.51. The molecule has 0 atom stereocenters. The maximum Gasteiger partial charge on any atom is 0.471 e.